The fourth-order valence-corrected chi connectivity index (χ4v) is 4.91. The van der Waals surface area contributed by atoms with Crippen LogP contribution in [0.25, 0.3) is 5.69 Å². The Hall–Kier alpha value is -2.22. The number of imidazole rings is 1. The number of thioether (sulfide) groups is 1. The van der Waals surface area contributed by atoms with Crippen molar-refractivity contribution in [1.82, 2.24) is 19.3 Å². The lowest BCUT2D eigenvalue weighted by molar-refractivity contribution is 0.756. The summed E-state index contributed by atoms with van der Waals surface area (Å²) < 4.78 is 5.70. The van der Waals surface area contributed by atoms with Gasteiger partial charge in [0, 0.05) is 18.9 Å². The van der Waals surface area contributed by atoms with Gasteiger partial charge in [-0.1, -0.05) is 71.6 Å². The van der Waals surface area contributed by atoms with E-state index in [9.17, 15) is 0 Å². The molecule has 0 radical (unpaired) electrons. The van der Waals surface area contributed by atoms with Gasteiger partial charge in [0.15, 0.2) is 8.29 Å². The molecule has 0 aliphatic heterocycles. The number of rotatable bonds is 6. The molecule has 7 heteroatoms. The SMILES string of the molecule is S=c1sc(SCc2nccn2Cc2ccccc2)nn1-c1ccccc1. The second kappa shape index (κ2) is 7.99. The molecule has 4 nitrogen and oxygen atoms in total. The maximum absolute atomic E-state index is 5.47. The van der Waals surface area contributed by atoms with Crippen LogP contribution < -0.4 is 0 Å². The van der Waals surface area contributed by atoms with E-state index < -0.39 is 0 Å². The van der Waals surface area contributed by atoms with Crippen LogP contribution in [0.4, 0.5) is 0 Å². The largest absolute Gasteiger partial charge is 0.330 e. The number of hydrogen-bond acceptors (Lipinski definition) is 5. The summed E-state index contributed by atoms with van der Waals surface area (Å²) in [6, 6.07) is 20.4. The van der Waals surface area contributed by atoms with E-state index in [1.54, 1.807) is 11.8 Å². The summed E-state index contributed by atoms with van der Waals surface area (Å²) in [5, 5.41) is 4.65. The molecule has 0 bridgehead atoms. The minimum atomic E-state index is 0.756. The Morgan fingerprint density at radius 1 is 1.00 bits per heavy atom. The summed E-state index contributed by atoms with van der Waals surface area (Å²) in [6.07, 6.45) is 3.87. The Bertz CT molecular complexity index is 1040. The highest BCUT2D eigenvalue weighted by Crippen LogP contribution is 2.26. The zero-order chi connectivity index (χ0) is 17.8. The molecule has 0 aliphatic carbocycles. The van der Waals surface area contributed by atoms with Crippen molar-refractivity contribution in [2.75, 3.05) is 0 Å². The van der Waals surface area contributed by atoms with Crippen LogP contribution in [0.1, 0.15) is 11.4 Å². The second-order valence-corrected chi connectivity index (χ2v) is 8.47. The number of nitrogens with zero attached hydrogens (tertiary/aromatic N) is 4. The third-order valence-corrected chi connectivity index (χ3v) is 6.21. The van der Waals surface area contributed by atoms with E-state index in [-0.39, 0.29) is 0 Å². The molecule has 0 saturated carbocycles. The Kier molecular flexibility index (Phi) is 5.29. The van der Waals surface area contributed by atoms with Crippen LogP contribution in [0.15, 0.2) is 77.4 Å². The van der Waals surface area contributed by atoms with E-state index in [0.717, 1.165) is 32.1 Å². The molecular weight excluding hydrogens is 380 g/mol. The highest BCUT2D eigenvalue weighted by molar-refractivity contribution is 8.00. The van der Waals surface area contributed by atoms with Crippen molar-refractivity contribution < 1.29 is 0 Å². The van der Waals surface area contributed by atoms with Gasteiger partial charge in [0.2, 0.25) is 0 Å². The molecule has 4 aromatic rings. The second-order valence-electron chi connectivity index (χ2n) is 5.63. The predicted molar refractivity (Wildman–Crippen MR) is 110 cm³/mol. The van der Waals surface area contributed by atoms with Gasteiger partial charge in [-0.25, -0.2) is 9.67 Å². The van der Waals surface area contributed by atoms with Crippen LogP contribution in [0, 0.1) is 3.95 Å². The summed E-state index contributed by atoms with van der Waals surface area (Å²) in [4.78, 5) is 4.50. The fourth-order valence-electron chi connectivity index (χ4n) is 2.58. The first-order valence-electron chi connectivity index (χ1n) is 8.12. The third kappa shape index (κ3) is 3.95. The van der Waals surface area contributed by atoms with Gasteiger partial charge >= 0.3 is 0 Å². The number of para-hydroxylation sites is 1. The molecule has 0 spiro atoms. The van der Waals surface area contributed by atoms with Crippen molar-refractivity contribution in [2.24, 2.45) is 0 Å². The van der Waals surface area contributed by atoms with E-state index >= 15 is 0 Å². The molecule has 0 atom stereocenters. The number of benzene rings is 2. The Morgan fingerprint density at radius 3 is 2.50 bits per heavy atom. The van der Waals surface area contributed by atoms with E-state index in [1.165, 1.54) is 16.9 Å². The molecule has 0 N–H and O–H groups in total. The van der Waals surface area contributed by atoms with Crippen LogP contribution in [0.5, 0.6) is 0 Å². The van der Waals surface area contributed by atoms with Crippen molar-refractivity contribution in [3.05, 3.63) is 88.4 Å². The number of hydrogen-bond donors (Lipinski definition) is 0. The average Bonchev–Trinajstić information content (AvgIpc) is 3.27. The maximum Gasteiger partial charge on any atom is 0.184 e. The van der Waals surface area contributed by atoms with Crippen molar-refractivity contribution in [2.45, 2.75) is 16.6 Å². The molecule has 0 unspecified atom stereocenters. The fraction of sp³-hybridized carbons (Fsp3) is 0.105. The first kappa shape index (κ1) is 17.2. The Balaban J connectivity index is 1.47. The molecule has 0 aliphatic rings. The van der Waals surface area contributed by atoms with Gasteiger partial charge in [-0.3, -0.25) is 0 Å². The smallest absolute Gasteiger partial charge is 0.184 e. The normalized spacial score (nSPS) is 10.9. The molecule has 2 aromatic heterocycles. The molecule has 0 fully saturated rings. The monoisotopic (exact) mass is 396 g/mol. The van der Waals surface area contributed by atoms with E-state index in [4.69, 9.17) is 12.2 Å². The molecule has 0 amide bonds. The zero-order valence-electron chi connectivity index (χ0n) is 13.9. The summed E-state index contributed by atoms with van der Waals surface area (Å²) in [5.41, 5.74) is 2.26. The van der Waals surface area contributed by atoms with Crippen LogP contribution in [0.2, 0.25) is 0 Å². The van der Waals surface area contributed by atoms with Gasteiger partial charge in [0.1, 0.15) is 5.82 Å². The third-order valence-electron chi connectivity index (χ3n) is 3.85. The van der Waals surface area contributed by atoms with Gasteiger partial charge < -0.3 is 4.57 Å². The highest BCUT2D eigenvalue weighted by atomic mass is 32.2. The van der Waals surface area contributed by atoms with Crippen LogP contribution in [-0.4, -0.2) is 19.3 Å². The van der Waals surface area contributed by atoms with E-state index in [1.807, 2.05) is 53.5 Å². The van der Waals surface area contributed by atoms with Crippen LogP contribution >= 0.6 is 35.3 Å². The maximum atomic E-state index is 5.47. The first-order chi connectivity index (χ1) is 12.8. The van der Waals surface area contributed by atoms with Gasteiger partial charge in [0.25, 0.3) is 0 Å². The van der Waals surface area contributed by atoms with Gasteiger partial charge in [-0.15, -0.1) is 5.10 Å². The molecule has 26 heavy (non-hydrogen) atoms. The summed E-state index contributed by atoms with van der Waals surface area (Å²) >= 11 is 8.67. The molecular formula is C19H16N4S3. The first-order valence-corrected chi connectivity index (χ1v) is 10.3. The van der Waals surface area contributed by atoms with Crippen molar-refractivity contribution in [3.8, 4) is 5.69 Å². The minimum Gasteiger partial charge on any atom is -0.330 e. The standard InChI is InChI=1S/C19H16N4S3/c24-19-23(16-9-5-2-6-10-16)21-18(26-19)25-14-17-20-11-12-22(17)13-15-7-3-1-4-8-15/h1-12H,13-14H2. The van der Waals surface area contributed by atoms with E-state index in [0.29, 0.717) is 0 Å². The van der Waals surface area contributed by atoms with E-state index in [2.05, 4.69) is 38.9 Å². The predicted octanol–water partition coefficient (Wildman–Crippen LogP) is 5.20. The van der Waals surface area contributed by atoms with Crippen molar-refractivity contribution in [3.63, 3.8) is 0 Å². The summed E-state index contributed by atoms with van der Waals surface area (Å²) in [6.45, 7) is 0.824. The summed E-state index contributed by atoms with van der Waals surface area (Å²) in [7, 11) is 0. The highest BCUT2D eigenvalue weighted by Gasteiger charge is 2.09. The Morgan fingerprint density at radius 2 is 1.73 bits per heavy atom. The topological polar surface area (TPSA) is 35.6 Å². The molecule has 2 heterocycles. The lowest BCUT2D eigenvalue weighted by atomic mass is 10.2. The molecule has 4 rings (SSSR count). The summed E-state index contributed by atoms with van der Waals surface area (Å²) in [5.74, 6) is 1.79. The molecule has 0 saturated heterocycles. The minimum absolute atomic E-state index is 0.756. The lowest BCUT2D eigenvalue weighted by Gasteiger charge is -2.07. The van der Waals surface area contributed by atoms with Gasteiger partial charge in [0.05, 0.1) is 11.4 Å². The van der Waals surface area contributed by atoms with Gasteiger partial charge in [-0.2, -0.15) is 0 Å². The number of aromatic nitrogens is 4. The Labute approximate surface area is 165 Å². The quantitative estimate of drug-likeness (QED) is 0.331. The van der Waals surface area contributed by atoms with Crippen molar-refractivity contribution in [1.29, 1.82) is 0 Å². The molecule has 2 aromatic carbocycles. The van der Waals surface area contributed by atoms with Gasteiger partial charge in [-0.05, 0) is 29.9 Å². The van der Waals surface area contributed by atoms with Crippen LogP contribution in [0.3, 0.4) is 0 Å². The average molecular weight is 397 g/mol. The lowest BCUT2D eigenvalue weighted by Crippen LogP contribution is -2.03. The molecule has 130 valence electrons. The van der Waals surface area contributed by atoms with Crippen LogP contribution in [-0.2, 0) is 12.3 Å². The van der Waals surface area contributed by atoms with Crippen molar-refractivity contribution >= 4 is 35.3 Å². The zero-order valence-corrected chi connectivity index (χ0v) is 16.3.